The summed E-state index contributed by atoms with van der Waals surface area (Å²) in [5, 5.41) is 20.7. The van der Waals surface area contributed by atoms with Gasteiger partial charge in [0.2, 0.25) is 5.91 Å². The fourth-order valence-corrected chi connectivity index (χ4v) is 2.20. The predicted octanol–water partition coefficient (Wildman–Crippen LogP) is 0.476. The molecule has 0 radical (unpaired) electrons. The number of aliphatic hydroxyl groups is 1. The molecule has 0 heterocycles. The second-order valence-electron chi connectivity index (χ2n) is 5.57. The highest BCUT2D eigenvalue weighted by Crippen LogP contribution is 2.58. The lowest BCUT2D eigenvalue weighted by atomic mass is 10.0. The highest BCUT2D eigenvalue weighted by molar-refractivity contribution is 5.91. The van der Waals surface area contributed by atoms with E-state index in [1.54, 1.807) is 13.8 Å². The van der Waals surface area contributed by atoms with Crippen molar-refractivity contribution in [1.82, 2.24) is 5.32 Å². The number of nitrogens with one attached hydrogen (secondary N) is 1. The van der Waals surface area contributed by atoms with E-state index in [1.807, 2.05) is 13.8 Å². The maximum atomic E-state index is 11.9. The zero-order valence-electron chi connectivity index (χ0n) is 10.7. The Hall–Kier alpha value is -1.10. The second kappa shape index (κ2) is 4.64. The van der Waals surface area contributed by atoms with Crippen LogP contribution in [0.4, 0.5) is 0 Å². The van der Waals surface area contributed by atoms with Crippen LogP contribution in [0.1, 0.15) is 27.7 Å². The quantitative estimate of drug-likeness (QED) is 0.655. The fraction of sp³-hybridized carbons (Fsp3) is 0.833. The van der Waals surface area contributed by atoms with Crippen LogP contribution in [0.5, 0.6) is 0 Å². The van der Waals surface area contributed by atoms with Crippen LogP contribution in [0.15, 0.2) is 0 Å². The summed E-state index contributed by atoms with van der Waals surface area (Å²) >= 11 is 0. The molecule has 0 aromatic rings. The van der Waals surface area contributed by atoms with Crippen LogP contribution in [0.25, 0.3) is 0 Å². The number of hydrogen-bond donors (Lipinski definition) is 3. The lowest BCUT2D eigenvalue weighted by molar-refractivity contribution is -0.140. The Morgan fingerprint density at radius 1 is 1.29 bits per heavy atom. The number of carbonyl (C=O) groups excluding carboxylic acids is 1. The van der Waals surface area contributed by atoms with Gasteiger partial charge < -0.3 is 15.5 Å². The Labute approximate surface area is 101 Å². The van der Waals surface area contributed by atoms with Gasteiger partial charge in [-0.05, 0) is 18.3 Å². The van der Waals surface area contributed by atoms with Crippen LogP contribution < -0.4 is 5.32 Å². The summed E-state index contributed by atoms with van der Waals surface area (Å²) in [5.41, 5.74) is -0.474. The Balaban J connectivity index is 2.59. The summed E-state index contributed by atoms with van der Waals surface area (Å²) in [7, 11) is 0. The van der Waals surface area contributed by atoms with Crippen molar-refractivity contribution in [1.29, 1.82) is 0 Å². The van der Waals surface area contributed by atoms with E-state index in [0.29, 0.717) is 0 Å². The molecule has 0 spiro atoms. The number of carboxylic acid groups (broad SMARTS) is 1. The number of aliphatic carboxylic acids is 1. The third-order valence-corrected chi connectivity index (χ3v) is 3.89. The van der Waals surface area contributed by atoms with E-state index in [9.17, 15) is 9.59 Å². The molecule has 17 heavy (non-hydrogen) atoms. The first-order valence-electron chi connectivity index (χ1n) is 5.87. The molecule has 4 unspecified atom stereocenters. The molecular formula is C12H21NO4. The van der Waals surface area contributed by atoms with Gasteiger partial charge in [0.15, 0.2) is 0 Å². The van der Waals surface area contributed by atoms with Crippen molar-refractivity contribution in [2.45, 2.75) is 33.7 Å². The second-order valence-corrected chi connectivity index (χ2v) is 5.57. The van der Waals surface area contributed by atoms with Crippen molar-refractivity contribution < 1.29 is 19.8 Å². The molecule has 1 aliphatic carbocycles. The van der Waals surface area contributed by atoms with Crippen molar-refractivity contribution in [3.8, 4) is 0 Å². The molecule has 0 bridgehead atoms. The number of aliphatic hydroxyl groups excluding tert-OH is 1. The third kappa shape index (κ3) is 2.60. The van der Waals surface area contributed by atoms with Gasteiger partial charge in [-0.25, -0.2) is 0 Å². The molecule has 1 saturated carbocycles. The highest BCUT2D eigenvalue weighted by Gasteiger charge is 2.65. The maximum Gasteiger partial charge on any atom is 0.307 e. The molecule has 0 aliphatic heterocycles. The SMILES string of the molecule is CC(CO)C(C)NC(=O)C1C(C(=O)O)C1(C)C. The zero-order chi connectivity index (χ0) is 13.4. The topological polar surface area (TPSA) is 86.6 Å². The average Bonchev–Trinajstić information content (AvgIpc) is 2.80. The molecule has 1 fully saturated rings. The Morgan fingerprint density at radius 2 is 1.82 bits per heavy atom. The summed E-state index contributed by atoms with van der Waals surface area (Å²) in [6.45, 7) is 7.21. The summed E-state index contributed by atoms with van der Waals surface area (Å²) in [6, 6.07) is -0.154. The van der Waals surface area contributed by atoms with Crippen LogP contribution in [-0.4, -0.2) is 34.7 Å². The number of carbonyl (C=O) groups is 2. The lowest BCUT2D eigenvalue weighted by Gasteiger charge is -2.19. The van der Waals surface area contributed by atoms with Crippen LogP contribution in [0.3, 0.4) is 0 Å². The first-order chi connectivity index (χ1) is 7.73. The molecule has 5 nitrogen and oxygen atoms in total. The number of amides is 1. The molecule has 0 aromatic heterocycles. The molecule has 4 atom stereocenters. The zero-order valence-corrected chi connectivity index (χ0v) is 10.7. The van der Waals surface area contributed by atoms with E-state index >= 15 is 0 Å². The monoisotopic (exact) mass is 243 g/mol. The van der Waals surface area contributed by atoms with Crippen molar-refractivity contribution >= 4 is 11.9 Å². The van der Waals surface area contributed by atoms with Gasteiger partial charge in [0.05, 0.1) is 11.8 Å². The Bertz CT molecular complexity index is 326. The first-order valence-corrected chi connectivity index (χ1v) is 5.87. The van der Waals surface area contributed by atoms with E-state index in [-0.39, 0.29) is 24.5 Å². The smallest absolute Gasteiger partial charge is 0.307 e. The highest BCUT2D eigenvalue weighted by atomic mass is 16.4. The molecule has 1 aliphatic rings. The van der Waals surface area contributed by atoms with Gasteiger partial charge in [-0.15, -0.1) is 0 Å². The molecule has 1 rings (SSSR count). The minimum absolute atomic E-state index is 0.00212. The van der Waals surface area contributed by atoms with Crippen molar-refractivity contribution in [2.24, 2.45) is 23.2 Å². The average molecular weight is 243 g/mol. The van der Waals surface area contributed by atoms with Gasteiger partial charge in [-0.1, -0.05) is 20.8 Å². The number of hydrogen-bond acceptors (Lipinski definition) is 3. The summed E-state index contributed by atoms with van der Waals surface area (Å²) in [5.74, 6) is -2.25. The summed E-state index contributed by atoms with van der Waals surface area (Å²) in [4.78, 5) is 22.9. The minimum atomic E-state index is -0.919. The van der Waals surface area contributed by atoms with E-state index < -0.39 is 23.2 Å². The van der Waals surface area contributed by atoms with Crippen LogP contribution in [-0.2, 0) is 9.59 Å². The molecule has 5 heteroatoms. The van der Waals surface area contributed by atoms with Gasteiger partial charge in [0.25, 0.3) is 0 Å². The largest absolute Gasteiger partial charge is 0.481 e. The molecule has 1 amide bonds. The van der Waals surface area contributed by atoms with E-state index in [4.69, 9.17) is 10.2 Å². The van der Waals surface area contributed by atoms with Gasteiger partial charge in [0.1, 0.15) is 0 Å². The molecule has 0 saturated heterocycles. The Morgan fingerprint density at radius 3 is 2.18 bits per heavy atom. The standard InChI is InChI=1S/C12H21NO4/c1-6(5-14)7(2)13-10(15)8-9(11(16)17)12(8,3)4/h6-9,14H,5H2,1-4H3,(H,13,15)(H,16,17). The van der Waals surface area contributed by atoms with Gasteiger partial charge >= 0.3 is 5.97 Å². The number of carboxylic acids is 1. The molecule has 3 N–H and O–H groups in total. The van der Waals surface area contributed by atoms with Crippen molar-refractivity contribution in [3.63, 3.8) is 0 Å². The fourth-order valence-electron chi connectivity index (χ4n) is 2.20. The van der Waals surface area contributed by atoms with Crippen LogP contribution in [0, 0.1) is 23.2 Å². The van der Waals surface area contributed by atoms with Crippen molar-refractivity contribution in [2.75, 3.05) is 6.61 Å². The van der Waals surface area contributed by atoms with Crippen molar-refractivity contribution in [3.05, 3.63) is 0 Å². The van der Waals surface area contributed by atoms with Gasteiger partial charge in [-0.2, -0.15) is 0 Å². The van der Waals surface area contributed by atoms with E-state index in [2.05, 4.69) is 5.32 Å². The summed E-state index contributed by atoms with van der Waals surface area (Å²) in [6.07, 6.45) is 0. The molecule has 0 aromatic carbocycles. The predicted molar refractivity (Wildman–Crippen MR) is 62.3 cm³/mol. The minimum Gasteiger partial charge on any atom is -0.481 e. The summed E-state index contributed by atoms with van der Waals surface area (Å²) < 4.78 is 0. The van der Waals surface area contributed by atoms with Crippen LogP contribution >= 0.6 is 0 Å². The Kier molecular flexibility index (Phi) is 3.81. The van der Waals surface area contributed by atoms with Gasteiger partial charge in [-0.3, -0.25) is 9.59 Å². The van der Waals surface area contributed by atoms with Crippen LogP contribution in [0.2, 0.25) is 0 Å². The number of rotatable bonds is 5. The third-order valence-electron chi connectivity index (χ3n) is 3.89. The molecular weight excluding hydrogens is 222 g/mol. The molecule has 98 valence electrons. The van der Waals surface area contributed by atoms with E-state index in [1.165, 1.54) is 0 Å². The first kappa shape index (κ1) is 14.0. The lowest BCUT2D eigenvalue weighted by Crippen LogP contribution is -2.40. The maximum absolute atomic E-state index is 11.9. The van der Waals surface area contributed by atoms with Gasteiger partial charge in [0, 0.05) is 12.6 Å². The van der Waals surface area contributed by atoms with E-state index in [0.717, 1.165) is 0 Å². The normalized spacial score (nSPS) is 29.2.